The predicted octanol–water partition coefficient (Wildman–Crippen LogP) is 5.15. The van der Waals surface area contributed by atoms with Gasteiger partial charge in [-0.25, -0.2) is 0 Å². The Hall–Kier alpha value is 0.150. The van der Waals surface area contributed by atoms with Crippen LogP contribution in [0.3, 0.4) is 0 Å². The summed E-state index contributed by atoms with van der Waals surface area (Å²) < 4.78 is 24.1. The van der Waals surface area contributed by atoms with E-state index in [0.29, 0.717) is 12.8 Å². The Bertz CT molecular complexity index is 249. The molecular formula is C14H29O3P. The van der Waals surface area contributed by atoms with Gasteiger partial charge in [0.15, 0.2) is 0 Å². The fourth-order valence-electron chi connectivity index (χ4n) is 2.25. The van der Waals surface area contributed by atoms with Gasteiger partial charge in [-0.15, -0.1) is 0 Å². The Morgan fingerprint density at radius 3 is 2.33 bits per heavy atom. The molecule has 0 aromatic rings. The van der Waals surface area contributed by atoms with Crippen LogP contribution in [0.2, 0.25) is 0 Å². The molecule has 0 amide bonds. The first-order valence-electron chi connectivity index (χ1n) is 7.62. The highest BCUT2D eigenvalue weighted by Gasteiger charge is 2.28. The van der Waals surface area contributed by atoms with Crippen molar-refractivity contribution < 1.29 is 13.6 Å². The van der Waals surface area contributed by atoms with Gasteiger partial charge in [0, 0.05) is 0 Å². The van der Waals surface area contributed by atoms with E-state index < -0.39 is 7.60 Å². The molecule has 0 spiro atoms. The molecule has 1 aliphatic rings. The van der Waals surface area contributed by atoms with E-state index in [2.05, 4.69) is 13.8 Å². The summed E-state index contributed by atoms with van der Waals surface area (Å²) in [5.74, 6) is 0. The quantitative estimate of drug-likeness (QED) is 0.432. The Kier molecular flexibility index (Phi) is 8.21. The first kappa shape index (κ1) is 16.2. The molecule has 1 unspecified atom stereocenters. The van der Waals surface area contributed by atoms with E-state index in [1.54, 1.807) is 0 Å². The molecule has 0 aromatic heterocycles. The van der Waals surface area contributed by atoms with Gasteiger partial charge in [0.2, 0.25) is 0 Å². The minimum Gasteiger partial charge on any atom is -0.309 e. The van der Waals surface area contributed by atoms with Crippen LogP contribution >= 0.6 is 7.60 Å². The Morgan fingerprint density at radius 2 is 1.72 bits per heavy atom. The lowest BCUT2D eigenvalue weighted by Crippen LogP contribution is -2.17. The standard InChI is InChI=1S/C14H29O3P/c1-3-5-12-16-18(15,13-6-4-2)17-14-10-8-7-9-11-14/h14H,3-13H2,1-2H3. The Balaban J connectivity index is 2.43. The van der Waals surface area contributed by atoms with E-state index in [-0.39, 0.29) is 6.10 Å². The summed E-state index contributed by atoms with van der Waals surface area (Å²) in [6, 6.07) is 0. The first-order chi connectivity index (χ1) is 8.70. The van der Waals surface area contributed by atoms with Crippen LogP contribution in [0.4, 0.5) is 0 Å². The fraction of sp³-hybridized carbons (Fsp3) is 1.00. The number of hydrogen-bond donors (Lipinski definition) is 0. The molecule has 0 aromatic carbocycles. The molecule has 1 fully saturated rings. The van der Waals surface area contributed by atoms with Crippen molar-refractivity contribution >= 4 is 7.60 Å². The molecule has 1 rings (SSSR count). The molecular weight excluding hydrogens is 247 g/mol. The van der Waals surface area contributed by atoms with Gasteiger partial charge in [0.05, 0.1) is 18.9 Å². The smallest absolute Gasteiger partial charge is 0.309 e. The molecule has 18 heavy (non-hydrogen) atoms. The minimum absolute atomic E-state index is 0.170. The monoisotopic (exact) mass is 276 g/mol. The van der Waals surface area contributed by atoms with Crippen molar-refractivity contribution in [1.82, 2.24) is 0 Å². The number of unbranched alkanes of at least 4 members (excludes halogenated alkanes) is 2. The molecule has 0 radical (unpaired) electrons. The molecule has 0 heterocycles. The second-order valence-corrected chi connectivity index (χ2v) is 7.38. The van der Waals surface area contributed by atoms with E-state index in [1.165, 1.54) is 19.3 Å². The molecule has 1 atom stereocenters. The third-order valence-corrected chi connectivity index (χ3v) is 5.49. The van der Waals surface area contributed by atoms with Gasteiger partial charge in [0.25, 0.3) is 0 Å². The zero-order chi connectivity index (χ0) is 13.3. The largest absolute Gasteiger partial charge is 0.330 e. The molecule has 0 saturated heterocycles. The van der Waals surface area contributed by atoms with Gasteiger partial charge in [-0.1, -0.05) is 46.0 Å². The second kappa shape index (κ2) is 9.12. The van der Waals surface area contributed by atoms with Gasteiger partial charge in [-0.3, -0.25) is 4.57 Å². The van der Waals surface area contributed by atoms with Gasteiger partial charge < -0.3 is 9.05 Å². The van der Waals surface area contributed by atoms with Crippen molar-refractivity contribution in [3.63, 3.8) is 0 Å². The predicted molar refractivity (Wildman–Crippen MR) is 76.2 cm³/mol. The van der Waals surface area contributed by atoms with Gasteiger partial charge >= 0.3 is 7.60 Å². The summed E-state index contributed by atoms with van der Waals surface area (Å²) in [5.41, 5.74) is 0. The summed E-state index contributed by atoms with van der Waals surface area (Å²) in [7, 11) is -2.83. The average molecular weight is 276 g/mol. The molecule has 1 saturated carbocycles. The number of rotatable bonds is 9. The average Bonchev–Trinajstić information content (AvgIpc) is 2.38. The number of hydrogen-bond acceptors (Lipinski definition) is 3. The van der Waals surface area contributed by atoms with Crippen molar-refractivity contribution in [3.05, 3.63) is 0 Å². The molecule has 108 valence electrons. The van der Waals surface area contributed by atoms with Crippen LogP contribution in [-0.4, -0.2) is 18.9 Å². The molecule has 0 bridgehead atoms. The summed E-state index contributed by atoms with van der Waals surface area (Å²) in [5, 5.41) is 0. The summed E-state index contributed by atoms with van der Waals surface area (Å²) >= 11 is 0. The molecule has 0 aliphatic heterocycles. The van der Waals surface area contributed by atoms with Crippen molar-refractivity contribution in [1.29, 1.82) is 0 Å². The van der Waals surface area contributed by atoms with Crippen LogP contribution in [0.5, 0.6) is 0 Å². The Morgan fingerprint density at radius 1 is 1.06 bits per heavy atom. The van der Waals surface area contributed by atoms with Gasteiger partial charge in [0.1, 0.15) is 0 Å². The third-order valence-electron chi connectivity index (χ3n) is 3.43. The van der Waals surface area contributed by atoms with Crippen molar-refractivity contribution in [3.8, 4) is 0 Å². The maximum absolute atomic E-state index is 12.7. The lowest BCUT2D eigenvalue weighted by Gasteiger charge is -2.27. The van der Waals surface area contributed by atoms with Gasteiger partial charge in [-0.2, -0.15) is 0 Å². The SMILES string of the molecule is CCCCOP(=O)(CCCC)OC1CCCCC1. The highest BCUT2D eigenvalue weighted by molar-refractivity contribution is 7.53. The van der Waals surface area contributed by atoms with E-state index in [4.69, 9.17) is 9.05 Å². The van der Waals surface area contributed by atoms with E-state index in [9.17, 15) is 4.57 Å². The molecule has 1 aliphatic carbocycles. The van der Waals surface area contributed by atoms with Crippen LogP contribution in [-0.2, 0) is 13.6 Å². The fourth-order valence-corrected chi connectivity index (χ4v) is 4.32. The van der Waals surface area contributed by atoms with Crippen LogP contribution in [0.1, 0.15) is 71.6 Å². The minimum atomic E-state index is -2.83. The maximum Gasteiger partial charge on any atom is 0.330 e. The summed E-state index contributed by atoms with van der Waals surface area (Å²) in [6.07, 6.45) is 10.5. The lowest BCUT2D eigenvalue weighted by molar-refractivity contribution is 0.116. The van der Waals surface area contributed by atoms with Crippen molar-refractivity contribution in [2.75, 3.05) is 12.8 Å². The maximum atomic E-state index is 12.7. The van der Waals surface area contributed by atoms with Crippen LogP contribution in [0.25, 0.3) is 0 Å². The highest BCUT2D eigenvalue weighted by atomic mass is 31.2. The van der Waals surface area contributed by atoms with E-state index in [1.807, 2.05) is 0 Å². The molecule has 4 heteroatoms. The van der Waals surface area contributed by atoms with Crippen molar-refractivity contribution in [2.45, 2.75) is 77.7 Å². The zero-order valence-corrected chi connectivity index (χ0v) is 12.9. The van der Waals surface area contributed by atoms with E-state index in [0.717, 1.165) is 38.5 Å². The van der Waals surface area contributed by atoms with Crippen LogP contribution in [0.15, 0.2) is 0 Å². The molecule has 3 nitrogen and oxygen atoms in total. The summed E-state index contributed by atoms with van der Waals surface area (Å²) in [6.45, 7) is 4.80. The second-order valence-electron chi connectivity index (χ2n) is 5.24. The molecule has 0 N–H and O–H groups in total. The first-order valence-corrected chi connectivity index (χ1v) is 9.35. The zero-order valence-electron chi connectivity index (χ0n) is 12.0. The van der Waals surface area contributed by atoms with Crippen LogP contribution < -0.4 is 0 Å². The van der Waals surface area contributed by atoms with E-state index >= 15 is 0 Å². The third kappa shape index (κ3) is 6.36. The topological polar surface area (TPSA) is 35.5 Å². The lowest BCUT2D eigenvalue weighted by atomic mass is 9.98. The normalized spacial score (nSPS) is 20.8. The highest BCUT2D eigenvalue weighted by Crippen LogP contribution is 2.51. The van der Waals surface area contributed by atoms with Crippen molar-refractivity contribution in [2.24, 2.45) is 0 Å². The van der Waals surface area contributed by atoms with Gasteiger partial charge in [-0.05, 0) is 25.7 Å². The van der Waals surface area contributed by atoms with Crippen LogP contribution in [0, 0.1) is 0 Å². The summed E-state index contributed by atoms with van der Waals surface area (Å²) in [4.78, 5) is 0. The Labute approximate surface area is 112 Å².